The number of carbonyl (C=O) groups excluding carboxylic acids is 2. The number of likely N-dealkylation sites (tertiary alicyclic amines) is 2. The maximum Gasteiger partial charge on any atom is 0.253 e. The Morgan fingerprint density at radius 3 is 2.50 bits per heavy atom. The van der Waals surface area contributed by atoms with E-state index in [1.807, 2.05) is 0 Å². The highest BCUT2D eigenvalue weighted by Crippen LogP contribution is 2.42. The lowest BCUT2D eigenvalue weighted by molar-refractivity contribution is -0.138. The van der Waals surface area contributed by atoms with E-state index in [0.717, 1.165) is 32.4 Å². The van der Waals surface area contributed by atoms with Crippen LogP contribution in [0.5, 0.6) is 0 Å². The van der Waals surface area contributed by atoms with E-state index in [-0.39, 0.29) is 11.3 Å². The minimum absolute atomic E-state index is 0.132. The van der Waals surface area contributed by atoms with Gasteiger partial charge in [-0.25, -0.2) is 4.39 Å². The molecule has 0 unspecified atom stereocenters. The largest absolute Gasteiger partial charge is 0.342 e. The van der Waals surface area contributed by atoms with Crippen LogP contribution in [0.3, 0.4) is 0 Å². The monoisotopic (exact) mass is 358 g/mol. The predicted octanol–water partition coefficient (Wildman–Crippen LogP) is 3.47. The number of piperidine rings is 1. The van der Waals surface area contributed by atoms with E-state index < -0.39 is 5.82 Å². The van der Waals surface area contributed by atoms with Gasteiger partial charge in [0.1, 0.15) is 5.82 Å². The third-order valence-electron chi connectivity index (χ3n) is 6.63. The van der Waals surface area contributed by atoms with Gasteiger partial charge in [0.2, 0.25) is 5.91 Å². The molecule has 2 heterocycles. The Kier molecular flexibility index (Phi) is 4.72. The van der Waals surface area contributed by atoms with Crippen molar-refractivity contribution in [2.24, 2.45) is 11.3 Å². The Morgan fingerprint density at radius 1 is 1.12 bits per heavy atom. The van der Waals surface area contributed by atoms with E-state index in [0.29, 0.717) is 30.5 Å². The summed E-state index contributed by atoms with van der Waals surface area (Å²) in [5.41, 5.74) is 0.124. The molecule has 0 aromatic heterocycles. The first-order chi connectivity index (χ1) is 12.6. The molecule has 0 N–H and O–H groups in total. The summed E-state index contributed by atoms with van der Waals surface area (Å²) in [7, 11) is 0. The molecule has 4 nitrogen and oxygen atoms in total. The van der Waals surface area contributed by atoms with Gasteiger partial charge in [-0.3, -0.25) is 9.59 Å². The number of carbonyl (C=O) groups is 2. The second-order valence-corrected chi connectivity index (χ2v) is 8.23. The number of benzene rings is 1. The predicted molar refractivity (Wildman–Crippen MR) is 97.1 cm³/mol. The lowest BCUT2D eigenvalue weighted by atomic mass is 9.77. The summed E-state index contributed by atoms with van der Waals surface area (Å²) in [6.07, 6.45) is 7.49. The molecule has 1 aromatic rings. The molecule has 2 amide bonds. The molecule has 3 aliphatic rings. The zero-order chi connectivity index (χ0) is 18.1. The lowest BCUT2D eigenvalue weighted by Gasteiger charge is -2.38. The quantitative estimate of drug-likeness (QED) is 0.830. The van der Waals surface area contributed by atoms with Crippen LogP contribution in [-0.2, 0) is 4.79 Å². The van der Waals surface area contributed by atoms with E-state index >= 15 is 0 Å². The summed E-state index contributed by atoms with van der Waals surface area (Å²) in [6, 6.07) is 5.85. The zero-order valence-electron chi connectivity index (χ0n) is 15.3. The van der Waals surface area contributed by atoms with Gasteiger partial charge in [0, 0.05) is 31.7 Å². The maximum atomic E-state index is 13.4. The molecule has 5 heteroatoms. The summed E-state index contributed by atoms with van der Waals surface area (Å²) in [5.74, 6) is 0.469. The fourth-order valence-electron chi connectivity index (χ4n) is 4.98. The Bertz CT molecular complexity index is 691. The van der Waals surface area contributed by atoms with Crippen LogP contribution in [0.15, 0.2) is 24.3 Å². The summed E-state index contributed by atoms with van der Waals surface area (Å²) in [6.45, 7) is 2.95. The van der Waals surface area contributed by atoms with Crippen molar-refractivity contribution >= 4 is 11.8 Å². The highest BCUT2D eigenvalue weighted by Gasteiger charge is 2.48. The molecular weight excluding hydrogens is 331 g/mol. The third-order valence-corrected chi connectivity index (χ3v) is 6.63. The molecule has 1 aromatic carbocycles. The number of rotatable bonds is 3. The minimum Gasteiger partial charge on any atom is -0.342 e. The van der Waals surface area contributed by atoms with E-state index in [4.69, 9.17) is 0 Å². The smallest absolute Gasteiger partial charge is 0.253 e. The molecule has 0 atom stereocenters. The average molecular weight is 358 g/mol. The van der Waals surface area contributed by atoms with E-state index in [2.05, 4.69) is 4.90 Å². The zero-order valence-corrected chi connectivity index (χ0v) is 15.3. The van der Waals surface area contributed by atoms with Gasteiger partial charge in [0.05, 0.1) is 5.41 Å². The first kappa shape index (κ1) is 17.5. The van der Waals surface area contributed by atoms with Gasteiger partial charge in [-0.15, -0.1) is 0 Å². The Labute approximate surface area is 154 Å². The van der Waals surface area contributed by atoms with Crippen LogP contribution in [0.1, 0.15) is 55.3 Å². The molecule has 1 spiro atoms. The number of halogens is 1. The molecule has 4 rings (SSSR count). The first-order valence-electron chi connectivity index (χ1n) is 9.92. The van der Waals surface area contributed by atoms with Gasteiger partial charge in [-0.05, 0) is 56.2 Å². The Hall–Kier alpha value is -1.91. The Balaban J connectivity index is 1.37. The molecule has 2 aliphatic heterocycles. The normalized spacial score (nSPS) is 23.2. The highest BCUT2D eigenvalue weighted by molar-refractivity contribution is 5.94. The van der Waals surface area contributed by atoms with Gasteiger partial charge < -0.3 is 9.80 Å². The number of amides is 2. The van der Waals surface area contributed by atoms with Crippen LogP contribution >= 0.6 is 0 Å². The number of hydrogen-bond donors (Lipinski definition) is 0. The minimum atomic E-state index is -0.391. The second-order valence-electron chi connectivity index (χ2n) is 8.23. The van der Waals surface area contributed by atoms with Gasteiger partial charge in [0.25, 0.3) is 5.91 Å². The van der Waals surface area contributed by atoms with Crippen LogP contribution in [0.25, 0.3) is 0 Å². The van der Waals surface area contributed by atoms with Crippen molar-refractivity contribution in [2.75, 3.05) is 26.2 Å². The van der Waals surface area contributed by atoms with Gasteiger partial charge in [-0.2, -0.15) is 0 Å². The van der Waals surface area contributed by atoms with E-state index in [9.17, 15) is 14.0 Å². The topological polar surface area (TPSA) is 40.6 Å². The van der Waals surface area contributed by atoms with E-state index in [1.165, 1.54) is 37.8 Å². The molecule has 0 bridgehead atoms. The molecule has 26 heavy (non-hydrogen) atoms. The molecule has 1 saturated carbocycles. The molecule has 140 valence electrons. The molecule has 2 saturated heterocycles. The average Bonchev–Trinajstić information content (AvgIpc) is 3.27. The number of nitrogens with zero attached hydrogens (tertiary/aromatic N) is 2. The Morgan fingerprint density at radius 2 is 1.81 bits per heavy atom. The lowest BCUT2D eigenvalue weighted by Crippen LogP contribution is -2.47. The molecule has 3 fully saturated rings. The maximum absolute atomic E-state index is 13.4. The fraction of sp³-hybridized carbons (Fsp3) is 0.619. The van der Waals surface area contributed by atoms with Crippen molar-refractivity contribution in [3.63, 3.8) is 0 Å². The van der Waals surface area contributed by atoms with Gasteiger partial charge >= 0.3 is 0 Å². The van der Waals surface area contributed by atoms with Crippen molar-refractivity contribution in [1.82, 2.24) is 9.80 Å². The standard InChI is InChI=1S/C21H27FN2O2/c22-18-7-3-6-17(14-18)19(25)23-11-8-21(9-12-23)10-13-24(20(21)26)15-16-4-1-2-5-16/h3,6-7,14,16H,1-2,4-5,8-13,15H2. The first-order valence-corrected chi connectivity index (χ1v) is 9.92. The van der Waals surface area contributed by atoms with Crippen molar-refractivity contribution in [3.05, 3.63) is 35.6 Å². The summed E-state index contributed by atoms with van der Waals surface area (Å²) in [5, 5.41) is 0. The SMILES string of the molecule is O=C(c1cccc(F)c1)N1CCC2(CC1)CCN(CC1CCCC1)C2=O. The van der Waals surface area contributed by atoms with Crippen molar-refractivity contribution in [3.8, 4) is 0 Å². The van der Waals surface area contributed by atoms with E-state index in [1.54, 1.807) is 17.0 Å². The second kappa shape index (κ2) is 7.01. The van der Waals surface area contributed by atoms with Crippen LogP contribution in [-0.4, -0.2) is 47.8 Å². The van der Waals surface area contributed by atoms with Crippen molar-refractivity contribution < 1.29 is 14.0 Å². The fourth-order valence-corrected chi connectivity index (χ4v) is 4.98. The molecular formula is C21H27FN2O2. The van der Waals surface area contributed by atoms with Crippen molar-refractivity contribution in [1.29, 1.82) is 0 Å². The van der Waals surface area contributed by atoms with Gasteiger partial charge in [0.15, 0.2) is 0 Å². The van der Waals surface area contributed by atoms with Crippen LogP contribution in [0, 0.1) is 17.2 Å². The molecule has 1 aliphatic carbocycles. The number of hydrogen-bond acceptors (Lipinski definition) is 2. The van der Waals surface area contributed by atoms with Gasteiger partial charge in [-0.1, -0.05) is 18.9 Å². The summed E-state index contributed by atoms with van der Waals surface area (Å²) >= 11 is 0. The third kappa shape index (κ3) is 3.24. The molecule has 0 radical (unpaired) electrons. The highest BCUT2D eigenvalue weighted by atomic mass is 19.1. The van der Waals surface area contributed by atoms with Crippen LogP contribution in [0.4, 0.5) is 4.39 Å². The van der Waals surface area contributed by atoms with Crippen molar-refractivity contribution in [2.45, 2.75) is 44.9 Å². The summed E-state index contributed by atoms with van der Waals surface area (Å²) < 4.78 is 13.4. The summed E-state index contributed by atoms with van der Waals surface area (Å²) in [4.78, 5) is 29.5. The van der Waals surface area contributed by atoms with Crippen LogP contribution < -0.4 is 0 Å². The van der Waals surface area contributed by atoms with Crippen LogP contribution in [0.2, 0.25) is 0 Å².